The molecule has 0 aromatic heterocycles. The molecule has 1 amide bonds. The Bertz CT molecular complexity index is 1280. The fourth-order valence-corrected chi connectivity index (χ4v) is 6.10. The van der Waals surface area contributed by atoms with E-state index in [0.29, 0.717) is 5.17 Å². The zero-order chi connectivity index (χ0) is 22.8. The van der Waals surface area contributed by atoms with Crippen molar-refractivity contribution in [1.29, 1.82) is 0 Å². The first-order valence-corrected chi connectivity index (χ1v) is 12.4. The minimum absolute atomic E-state index is 0.00470. The molecule has 0 radical (unpaired) electrons. The Labute approximate surface area is 202 Å². The Hall–Kier alpha value is -3.22. The quantitative estimate of drug-likeness (QED) is 0.309. The lowest BCUT2D eigenvalue weighted by atomic mass is 10.1. The highest BCUT2D eigenvalue weighted by Gasteiger charge is 2.37. The van der Waals surface area contributed by atoms with Crippen molar-refractivity contribution < 1.29 is 4.79 Å². The molecule has 1 saturated heterocycles. The lowest BCUT2D eigenvalue weighted by Crippen LogP contribution is -2.25. The monoisotopic (exact) mass is 469 g/mol. The molecule has 0 spiro atoms. The molecule has 0 aliphatic carbocycles. The van der Waals surface area contributed by atoms with Gasteiger partial charge in [-0.2, -0.15) is 0 Å². The van der Waals surface area contributed by atoms with Crippen LogP contribution in [0.25, 0.3) is 12.2 Å². The minimum atomic E-state index is -0.00470. The van der Waals surface area contributed by atoms with Crippen molar-refractivity contribution in [2.45, 2.75) is 11.8 Å². The van der Waals surface area contributed by atoms with Gasteiger partial charge in [-0.15, -0.1) is 0 Å². The van der Waals surface area contributed by atoms with Crippen LogP contribution in [0.15, 0.2) is 98.7 Å². The Morgan fingerprint density at radius 3 is 2.24 bits per heavy atom. The van der Waals surface area contributed by atoms with Crippen molar-refractivity contribution in [1.82, 2.24) is 4.90 Å². The average Bonchev–Trinajstić information content (AvgIpc) is 3.36. The molecule has 3 aromatic rings. The number of fused-ring (bicyclic) bond motifs is 1. The van der Waals surface area contributed by atoms with Gasteiger partial charge in [-0.3, -0.25) is 9.69 Å². The van der Waals surface area contributed by atoms with Crippen molar-refractivity contribution in [3.8, 4) is 0 Å². The van der Waals surface area contributed by atoms with Gasteiger partial charge in [0.05, 0.1) is 11.4 Å². The number of benzene rings is 3. The Balaban J connectivity index is 1.37. The van der Waals surface area contributed by atoms with Gasteiger partial charge < -0.3 is 4.90 Å². The summed E-state index contributed by atoms with van der Waals surface area (Å²) in [7, 11) is 1.79. The van der Waals surface area contributed by atoms with E-state index in [-0.39, 0.29) is 5.91 Å². The second-order valence-electron chi connectivity index (χ2n) is 7.64. The molecule has 6 heteroatoms. The second kappa shape index (κ2) is 9.33. The maximum Gasteiger partial charge on any atom is 0.269 e. The van der Waals surface area contributed by atoms with Gasteiger partial charge in [-0.1, -0.05) is 78.5 Å². The summed E-state index contributed by atoms with van der Waals surface area (Å²) < 4.78 is 0. The third-order valence-electron chi connectivity index (χ3n) is 5.48. The van der Waals surface area contributed by atoms with Crippen LogP contribution in [0, 0.1) is 0 Å². The van der Waals surface area contributed by atoms with E-state index >= 15 is 0 Å². The van der Waals surface area contributed by atoms with Gasteiger partial charge in [-0.05, 0) is 54.1 Å². The summed E-state index contributed by atoms with van der Waals surface area (Å²) in [5.74, 6) is -0.00470. The molecule has 0 N–H and O–H groups in total. The van der Waals surface area contributed by atoms with Gasteiger partial charge in [-0.25, -0.2) is 4.99 Å². The largest absolute Gasteiger partial charge is 0.334 e. The van der Waals surface area contributed by atoms with E-state index in [2.05, 4.69) is 48.2 Å². The Morgan fingerprint density at radius 2 is 1.52 bits per heavy atom. The fourth-order valence-electron chi connectivity index (χ4n) is 3.72. The smallest absolute Gasteiger partial charge is 0.269 e. The molecule has 5 rings (SSSR count). The zero-order valence-electron chi connectivity index (χ0n) is 18.4. The Kier molecular flexibility index (Phi) is 6.11. The standard InChI is InChI=1S/C27H23N3OS2/c1-3-30-22-11-7-8-12-23(22)32-26(30)24-25(31)29(2)27(33-24)28-21-17-15-20(16-18-21)14-13-19-9-5-4-6-10-19/h4-18H,3H2,1-2H3. The number of anilines is 1. The topological polar surface area (TPSA) is 35.9 Å². The molecule has 4 nitrogen and oxygen atoms in total. The first-order valence-electron chi connectivity index (χ1n) is 10.8. The minimum Gasteiger partial charge on any atom is -0.334 e. The van der Waals surface area contributed by atoms with Crippen LogP contribution < -0.4 is 4.90 Å². The molecule has 2 aliphatic heterocycles. The van der Waals surface area contributed by atoms with Crippen LogP contribution in [-0.2, 0) is 4.79 Å². The van der Waals surface area contributed by atoms with E-state index in [4.69, 9.17) is 4.99 Å². The van der Waals surface area contributed by atoms with E-state index in [1.807, 2.05) is 54.6 Å². The van der Waals surface area contributed by atoms with Crippen molar-refractivity contribution in [3.63, 3.8) is 0 Å². The molecule has 0 bridgehead atoms. The molecule has 3 aromatic carbocycles. The number of hydrogen-bond acceptors (Lipinski definition) is 5. The van der Waals surface area contributed by atoms with E-state index in [0.717, 1.165) is 39.0 Å². The molecular formula is C27H23N3OS2. The van der Waals surface area contributed by atoms with E-state index in [1.54, 1.807) is 23.7 Å². The second-order valence-corrected chi connectivity index (χ2v) is 9.65. The highest BCUT2D eigenvalue weighted by atomic mass is 32.2. The Morgan fingerprint density at radius 1 is 0.848 bits per heavy atom. The number of amides is 1. The first-order chi connectivity index (χ1) is 16.1. The molecule has 1 fully saturated rings. The maximum atomic E-state index is 13.1. The first kappa shape index (κ1) is 21.6. The van der Waals surface area contributed by atoms with Gasteiger partial charge in [0.2, 0.25) is 0 Å². The number of hydrogen-bond donors (Lipinski definition) is 0. The molecule has 0 saturated carbocycles. The summed E-state index contributed by atoms with van der Waals surface area (Å²) in [5, 5.41) is 1.69. The highest BCUT2D eigenvalue weighted by Crippen LogP contribution is 2.50. The van der Waals surface area contributed by atoms with E-state index in [9.17, 15) is 4.79 Å². The predicted molar refractivity (Wildman–Crippen MR) is 142 cm³/mol. The number of carbonyl (C=O) groups is 1. The van der Waals surface area contributed by atoms with Crippen LogP contribution in [0.2, 0.25) is 0 Å². The average molecular weight is 470 g/mol. The number of nitrogens with zero attached hydrogens (tertiary/aromatic N) is 3. The SMILES string of the molecule is CCN1C(=C2SC(=Nc3ccc(C=Cc4ccccc4)cc3)N(C)C2=O)Sc2ccccc21. The van der Waals surface area contributed by atoms with Gasteiger partial charge in [0.1, 0.15) is 9.93 Å². The number of para-hydroxylation sites is 1. The molecule has 33 heavy (non-hydrogen) atoms. The predicted octanol–water partition coefficient (Wildman–Crippen LogP) is 6.85. The number of thioether (sulfide) groups is 2. The molecule has 0 atom stereocenters. The van der Waals surface area contributed by atoms with Crippen LogP contribution in [-0.4, -0.2) is 29.6 Å². The number of carbonyl (C=O) groups excluding carboxylic acids is 1. The van der Waals surface area contributed by atoms with Crippen LogP contribution in [0.3, 0.4) is 0 Å². The van der Waals surface area contributed by atoms with Crippen LogP contribution in [0.5, 0.6) is 0 Å². The normalized spacial score (nSPS) is 19.2. The summed E-state index contributed by atoms with van der Waals surface area (Å²) in [5.41, 5.74) is 4.26. The van der Waals surface area contributed by atoms with Crippen LogP contribution in [0.1, 0.15) is 18.1 Å². The maximum absolute atomic E-state index is 13.1. The number of likely N-dealkylation sites (N-methyl/N-ethyl adjacent to an activating group) is 1. The van der Waals surface area contributed by atoms with E-state index in [1.165, 1.54) is 16.7 Å². The molecule has 0 unspecified atom stereocenters. The fraction of sp³-hybridized carbons (Fsp3) is 0.111. The van der Waals surface area contributed by atoms with Crippen molar-refractivity contribution in [2.75, 3.05) is 18.5 Å². The van der Waals surface area contributed by atoms with E-state index < -0.39 is 0 Å². The van der Waals surface area contributed by atoms with Crippen LogP contribution in [0.4, 0.5) is 11.4 Å². The number of aliphatic imine (C=N–C) groups is 1. The van der Waals surface area contributed by atoms with Crippen molar-refractivity contribution >= 4 is 58.1 Å². The van der Waals surface area contributed by atoms with Gasteiger partial charge in [0.15, 0.2) is 5.17 Å². The molecule has 2 heterocycles. The third kappa shape index (κ3) is 4.36. The van der Waals surface area contributed by atoms with Gasteiger partial charge in [0, 0.05) is 18.5 Å². The lowest BCUT2D eigenvalue weighted by molar-refractivity contribution is -0.121. The molecule has 164 valence electrons. The van der Waals surface area contributed by atoms with Gasteiger partial charge in [0.25, 0.3) is 5.91 Å². The van der Waals surface area contributed by atoms with Gasteiger partial charge >= 0.3 is 0 Å². The molecular weight excluding hydrogens is 446 g/mol. The van der Waals surface area contributed by atoms with Crippen LogP contribution >= 0.6 is 23.5 Å². The summed E-state index contributed by atoms with van der Waals surface area (Å²) in [4.78, 5) is 23.6. The highest BCUT2D eigenvalue weighted by molar-refractivity contribution is 8.19. The summed E-state index contributed by atoms with van der Waals surface area (Å²) in [6.07, 6.45) is 4.18. The van der Waals surface area contributed by atoms with Crippen molar-refractivity contribution in [3.05, 3.63) is 99.9 Å². The third-order valence-corrected chi connectivity index (χ3v) is 7.92. The zero-order valence-corrected chi connectivity index (χ0v) is 20.1. The summed E-state index contributed by atoms with van der Waals surface area (Å²) in [6.45, 7) is 2.92. The number of amidine groups is 1. The lowest BCUT2D eigenvalue weighted by Gasteiger charge is -2.18. The number of rotatable bonds is 4. The van der Waals surface area contributed by atoms with Crippen molar-refractivity contribution in [2.24, 2.45) is 4.99 Å². The summed E-state index contributed by atoms with van der Waals surface area (Å²) >= 11 is 3.11. The summed E-state index contributed by atoms with van der Waals surface area (Å²) in [6, 6.07) is 26.6. The molecule has 2 aliphatic rings.